The molecule has 4 heteroatoms. The van der Waals surface area contributed by atoms with Crippen LogP contribution in [0.5, 0.6) is 0 Å². The number of nitriles is 1. The fourth-order valence-electron chi connectivity index (χ4n) is 2.64. The van der Waals surface area contributed by atoms with Crippen LogP contribution < -0.4 is 5.32 Å². The quantitative estimate of drug-likeness (QED) is 0.839. The maximum Gasteiger partial charge on any atom is 0.129 e. The minimum absolute atomic E-state index is 0.296. The van der Waals surface area contributed by atoms with E-state index in [0.717, 1.165) is 18.9 Å². The molecule has 0 amide bonds. The van der Waals surface area contributed by atoms with E-state index in [1.165, 1.54) is 32.0 Å². The molecule has 1 heterocycles. The first-order chi connectivity index (χ1) is 9.69. The van der Waals surface area contributed by atoms with E-state index in [2.05, 4.69) is 17.3 Å². The summed E-state index contributed by atoms with van der Waals surface area (Å²) in [7, 11) is 2.17. The summed E-state index contributed by atoms with van der Waals surface area (Å²) >= 11 is 0. The van der Waals surface area contributed by atoms with Crippen LogP contribution in [-0.4, -0.2) is 31.6 Å². The fraction of sp³-hybridized carbons (Fsp3) is 0.562. The van der Waals surface area contributed by atoms with Gasteiger partial charge in [0.25, 0.3) is 0 Å². The van der Waals surface area contributed by atoms with E-state index >= 15 is 0 Å². The third kappa shape index (κ3) is 4.29. The predicted molar refractivity (Wildman–Crippen MR) is 77.7 cm³/mol. The number of nitrogens with one attached hydrogen (secondary N) is 1. The van der Waals surface area contributed by atoms with Crippen LogP contribution in [0.3, 0.4) is 0 Å². The van der Waals surface area contributed by atoms with Gasteiger partial charge >= 0.3 is 0 Å². The summed E-state index contributed by atoms with van der Waals surface area (Å²) < 4.78 is 13.7. The molecule has 0 saturated carbocycles. The Labute approximate surface area is 120 Å². The van der Waals surface area contributed by atoms with Gasteiger partial charge in [0.2, 0.25) is 0 Å². The number of rotatable bonds is 5. The van der Waals surface area contributed by atoms with Gasteiger partial charge < -0.3 is 10.2 Å². The molecule has 1 aliphatic rings. The van der Waals surface area contributed by atoms with Gasteiger partial charge in [0, 0.05) is 12.1 Å². The van der Waals surface area contributed by atoms with Crippen molar-refractivity contribution in [3.05, 3.63) is 35.1 Å². The van der Waals surface area contributed by atoms with Crippen LogP contribution in [0.1, 0.15) is 30.4 Å². The van der Waals surface area contributed by atoms with Gasteiger partial charge in [0.05, 0.1) is 11.6 Å². The van der Waals surface area contributed by atoms with E-state index in [-0.39, 0.29) is 5.82 Å². The molecule has 0 bridgehead atoms. The lowest BCUT2D eigenvalue weighted by atomic mass is 9.94. The van der Waals surface area contributed by atoms with Gasteiger partial charge in [0.15, 0.2) is 0 Å². The Morgan fingerprint density at radius 3 is 2.80 bits per heavy atom. The second-order valence-electron chi connectivity index (χ2n) is 5.63. The molecule has 0 spiro atoms. The Hall–Kier alpha value is -1.44. The molecule has 1 N–H and O–H groups in total. The Morgan fingerprint density at radius 1 is 1.40 bits per heavy atom. The SMILES string of the molecule is CN1CCC(CCNCc2ccc(C#N)cc2F)CC1. The molecule has 0 aromatic heterocycles. The Morgan fingerprint density at radius 2 is 2.15 bits per heavy atom. The highest BCUT2D eigenvalue weighted by atomic mass is 19.1. The standard InChI is InChI=1S/C16H22FN3/c1-20-8-5-13(6-9-20)4-7-19-12-15-3-2-14(11-18)10-16(15)17/h2-3,10,13,19H,4-9,12H2,1H3. The van der Waals surface area contributed by atoms with Gasteiger partial charge in [-0.2, -0.15) is 5.26 Å². The molecule has 1 fully saturated rings. The Bertz CT molecular complexity index is 473. The van der Waals surface area contributed by atoms with E-state index in [0.29, 0.717) is 17.7 Å². The third-order valence-electron chi connectivity index (χ3n) is 4.07. The number of piperidine rings is 1. The van der Waals surface area contributed by atoms with Crippen molar-refractivity contribution in [2.45, 2.75) is 25.8 Å². The van der Waals surface area contributed by atoms with Crippen molar-refractivity contribution >= 4 is 0 Å². The van der Waals surface area contributed by atoms with Crippen LogP contribution in [0.2, 0.25) is 0 Å². The highest BCUT2D eigenvalue weighted by Gasteiger charge is 2.15. The van der Waals surface area contributed by atoms with Crippen LogP contribution in [0.25, 0.3) is 0 Å². The number of hydrogen-bond donors (Lipinski definition) is 1. The maximum atomic E-state index is 13.7. The van der Waals surface area contributed by atoms with Crippen LogP contribution in [0, 0.1) is 23.1 Å². The molecular weight excluding hydrogens is 253 g/mol. The molecular formula is C16H22FN3. The maximum absolute atomic E-state index is 13.7. The number of benzene rings is 1. The lowest BCUT2D eigenvalue weighted by Gasteiger charge is -2.28. The van der Waals surface area contributed by atoms with Crippen molar-refractivity contribution in [3.8, 4) is 6.07 Å². The summed E-state index contributed by atoms with van der Waals surface area (Å²) in [5, 5.41) is 12.0. The van der Waals surface area contributed by atoms with Crippen molar-refractivity contribution in [3.63, 3.8) is 0 Å². The van der Waals surface area contributed by atoms with Crippen molar-refractivity contribution in [1.29, 1.82) is 5.26 Å². The summed E-state index contributed by atoms with van der Waals surface area (Å²) in [4.78, 5) is 2.37. The van der Waals surface area contributed by atoms with Gasteiger partial charge in [-0.3, -0.25) is 0 Å². The molecule has 2 rings (SSSR count). The van der Waals surface area contributed by atoms with Crippen LogP contribution in [0.4, 0.5) is 4.39 Å². The summed E-state index contributed by atoms with van der Waals surface area (Å²) in [6, 6.07) is 6.60. The summed E-state index contributed by atoms with van der Waals surface area (Å²) in [6.07, 6.45) is 3.69. The molecule has 1 aromatic rings. The Kier molecular flexibility index (Phi) is 5.51. The number of likely N-dealkylation sites (tertiary alicyclic amines) is 1. The largest absolute Gasteiger partial charge is 0.313 e. The van der Waals surface area contributed by atoms with E-state index in [1.807, 2.05) is 6.07 Å². The van der Waals surface area contributed by atoms with Gasteiger partial charge in [-0.05, 0) is 64.0 Å². The molecule has 1 aromatic carbocycles. The second-order valence-corrected chi connectivity index (χ2v) is 5.63. The summed E-state index contributed by atoms with van der Waals surface area (Å²) in [5.41, 5.74) is 1.00. The Balaban J connectivity index is 1.70. The molecule has 1 saturated heterocycles. The molecule has 0 radical (unpaired) electrons. The summed E-state index contributed by atoms with van der Waals surface area (Å²) in [5.74, 6) is 0.500. The predicted octanol–water partition coefficient (Wildman–Crippen LogP) is 2.52. The minimum Gasteiger partial charge on any atom is -0.313 e. The van der Waals surface area contributed by atoms with E-state index in [9.17, 15) is 4.39 Å². The zero-order chi connectivity index (χ0) is 14.4. The first kappa shape index (κ1) is 15.0. The van der Waals surface area contributed by atoms with Crippen LogP contribution >= 0.6 is 0 Å². The number of hydrogen-bond acceptors (Lipinski definition) is 3. The topological polar surface area (TPSA) is 39.1 Å². The van der Waals surface area contributed by atoms with Crippen molar-refractivity contribution < 1.29 is 4.39 Å². The lowest BCUT2D eigenvalue weighted by Crippen LogP contribution is -2.31. The van der Waals surface area contributed by atoms with Crippen LogP contribution in [-0.2, 0) is 6.54 Å². The van der Waals surface area contributed by atoms with Crippen molar-refractivity contribution in [2.75, 3.05) is 26.7 Å². The second kappa shape index (κ2) is 7.37. The molecule has 108 valence electrons. The molecule has 3 nitrogen and oxygen atoms in total. The molecule has 20 heavy (non-hydrogen) atoms. The summed E-state index contributed by atoms with van der Waals surface area (Å²) in [6.45, 7) is 3.84. The first-order valence-electron chi connectivity index (χ1n) is 7.27. The monoisotopic (exact) mass is 275 g/mol. The van der Waals surface area contributed by atoms with Gasteiger partial charge in [0.1, 0.15) is 5.82 Å². The van der Waals surface area contributed by atoms with E-state index in [1.54, 1.807) is 12.1 Å². The van der Waals surface area contributed by atoms with Gasteiger partial charge in [-0.15, -0.1) is 0 Å². The van der Waals surface area contributed by atoms with Gasteiger partial charge in [-0.1, -0.05) is 6.07 Å². The molecule has 0 atom stereocenters. The molecule has 0 aliphatic carbocycles. The average molecular weight is 275 g/mol. The van der Waals surface area contributed by atoms with Gasteiger partial charge in [-0.25, -0.2) is 4.39 Å². The smallest absolute Gasteiger partial charge is 0.129 e. The third-order valence-corrected chi connectivity index (χ3v) is 4.07. The van der Waals surface area contributed by atoms with Crippen molar-refractivity contribution in [2.24, 2.45) is 5.92 Å². The number of halogens is 1. The fourth-order valence-corrected chi connectivity index (χ4v) is 2.64. The minimum atomic E-state index is -0.296. The lowest BCUT2D eigenvalue weighted by molar-refractivity contribution is 0.211. The average Bonchev–Trinajstić information content (AvgIpc) is 2.46. The normalized spacial score (nSPS) is 17.1. The van der Waals surface area contributed by atoms with E-state index in [4.69, 9.17) is 5.26 Å². The highest BCUT2D eigenvalue weighted by molar-refractivity contribution is 5.32. The van der Waals surface area contributed by atoms with Crippen molar-refractivity contribution in [1.82, 2.24) is 10.2 Å². The van der Waals surface area contributed by atoms with E-state index < -0.39 is 0 Å². The number of nitrogens with zero attached hydrogens (tertiary/aromatic N) is 2. The van der Waals surface area contributed by atoms with Crippen LogP contribution in [0.15, 0.2) is 18.2 Å². The zero-order valence-electron chi connectivity index (χ0n) is 12.0. The molecule has 1 aliphatic heterocycles. The highest BCUT2D eigenvalue weighted by Crippen LogP contribution is 2.18. The zero-order valence-corrected chi connectivity index (χ0v) is 12.0. The first-order valence-corrected chi connectivity index (χ1v) is 7.27. The molecule has 0 unspecified atom stereocenters.